The minimum atomic E-state index is 0.456. The molecule has 0 aliphatic heterocycles. The third-order valence-corrected chi connectivity index (χ3v) is 2.12. The summed E-state index contributed by atoms with van der Waals surface area (Å²) in [5, 5.41) is 14.5. The number of rotatable bonds is 3. The molecule has 80 valence electrons. The second-order valence-electron chi connectivity index (χ2n) is 3.36. The van der Waals surface area contributed by atoms with E-state index in [0.717, 1.165) is 16.8 Å². The van der Waals surface area contributed by atoms with Crippen LogP contribution < -0.4 is 5.73 Å². The van der Waals surface area contributed by atoms with Crippen LogP contribution in [0.2, 0.25) is 0 Å². The van der Waals surface area contributed by atoms with Crippen LogP contribution in [0.1, 0.15) is 26.5 Å². The number of H-pyrrole nitrogens is 1. The number of hydrogen-bond donors (Lipinski definition) is 3. The van der Waals surface area contributed by atoms with Crippen molar-refractivity contribution < 1.29 is 0 Å². The zero-order valence-corrected chi connectivity index (χ0v) is 9.26. The monoisotopic (exact) mass is 204 g/mol. The van der Waals surface area contributed by atoms with Crippen LogP contribution in [0.5, 0.6) is 0 Å². The molecule has 1 rings (SSSR count). The standard InChI is InChI=1S/C11H16N4/c1-4-9(10-5-6-14-15-10)11(7(2)12)8(3)13/h4-6,12H,13H2,1-3H3,(H,14,15)/b9-4-,11-8?,12-7?. The summed E-state index contributed by atoms with van der Waals surface area (Å²) in [7, 11) is 0. The number of nitrogens with zero attached hydrogens (tertiary/aromatic N) is 1. The fourth-order valence-electron chi connectivity index (χ4n) is 1.55. The predicted octanol–water partition coefficient (Wildman–Crippen LogP) is 2.09. The van der Waals surface area contributed by atoms with E-state index < -0.39 is 0 Å². The van der Waals surface area contributed by atoms with Gasteiger partial charge in [0.05, 0.1) is 5.69 Å². The summed E-state index contributed by atoms with van der Waals surface area (Å²) in [5.74, 6) is 0. The molecule has 0 bridgehead atoms. The molecule has 0 aliphatic carbocycles. The molecule has 0 amide bonds. The molecule has 0 saturated heterocycles. The first-order valence-electron chi connectivity index (χ1n) is 4.76. The topological polar surface area (TPSA) is 78.6 Å². The first-order valence-corrected chi connectivity index (χ1v) is 4.76. The second-order valence-corrected chi connectivity index (χ2v) is 3.36. The minimum Gasteiger partial charge on any atom is -0.402 e. The van der Waals surface area contributed by atoms with Crippen molar-refractivity contribution in [3.05, 3.63) is 35.3 Å². The van der Waals surface area contributed by atoms with Crippen molar-refractivity contribution in [2.45, 2.75) is 20.8 Å². The molecule has 0 fully saturated rings. The molecule has 0 aromatic carbocycles. The Morgan fingerprint density at radius 3 is 2.53 bits per heavy atom. The summed E-state index contributed by atoms with van der Waals surface area (Å²) < 4.78 is 0. The Morgan fingerprint density at radius 2 is 2.20 bits per heavy atom. The van der Waals surface area contributed by atoms with Crippen LogP contribution in [-0.4, -0.2) is 15.9 Å². The first-order chi connectivity index (χ1) is 7.07. The quantitative estimate of drug-likeness (QED) is 0.520. The van der Waals surface area contributed by atoms with Crippen molar-refractivity contribution in [2.75, 3.05) is 0 Å². The van der Waals surface area contributed by atoms with Gasteiger partial charge in [0.25, 0.3) is 0 Å². The van der Waals surface area contributed by atoms with Gasteiger partial charge >= 0.3 is 0 Å². The Bertz CT molecular complexity index is 406. The normalized spacial score (nSPS) is 13.7. The third-order valence-electron chi connectivity index (χ3n) is 2.12. The average molecular weight is 204 g/mol. The Labute approximate surface area is 89.4 Å². The minimum absolute atomic E-state index is 0.456. The van der Waals surface area contributed by atoms with Gasteiger partial charge in [0.1, 0.15) is 0 Å². The highest BCUT2D eigenvalue weighted by atomic mass is 15.1. The van der Waals surface area contributed by atoms with E-state index in [-0.39, 0.29) is 0 Å². The summed E-state index contributed by atoms with van der Waals surface area (Å²) in [6.07, 6.45) is 3.61. The van der Waals surface area contributed by atoms with Crippen molar-refractivity contribution in [1.82, 2.24) is 10.2 Å². The zero-order chi connectivity index (χ0) is 11.4. The van der Waals surface area contributed by atoms with Gasteiger partial charge in [0.2, 0.25) is 0 Å². The Morgan fingerprint density at radius 1 is 1.53 bits per heavy atom. The van der Waals surface area contributed by atoms with E-state index in [2.05, 4.69) is 10.2 Å². The van der Waals surface area contributed by atoms with Gasteiger partial charge in [0, 0.05) is 28.8 Å². The van der Waals surface area contributed by atoms with E-state index in [1.54, 1.807) is 20.0 Å². The molecular formula is C11H16N4. The third kappa shape index (κ3) is 2.34. The highest BCUT2D eigenvalue weighted by Gasteiger charge is 2.12. The molecule has 1 aromatic rings. The van der Waals surface area contributed by atoms with Gasteiger partial charge in [0.15, 0.2) is 0 Å². The van der Waals surface area contributed by atoms with Crippen LogP contribution in [-0.2, 0) is 0 Å². The maximum absolute atomic E-state index is 7.71. The van der Waals surface area contributed by atoms with E-state index in [1.807, 2.05) is 19.1 Å². The lowest BCUT2D eigenvalue weighted by Crippen LogP contribution is -2.07. The first kappa shape index (κ1) is 11.2. The number of nitrogens with one attached hydrogen (secondary N) is 2. The van der Waals surface area contributed by atoms with Gasteiger partial charge in [-0.05, 0) is 26.8 Å². The predicted molar refractivity (Wildman–Crippen MR) is 62.5 cm³/mol. The summed E-state index contributed by atoms with van der Waals surface area (Å²) in [5.41, 5.74) is 9.44. The number of aromatic amines is 1. The molecule has 0 unspecified atom stereocenters. The van der Waals surface area contributed by atoms with Crippen molar-refractivity contribution in [3.63, 3.8) is 0 Å². The van der Waals surface area contributed by atoms with Gasteiger partial charge in [-0.3, -0.25) is 5.10 Å². The molecule has 1 heterocycles. The van der Waals surface area contributed by atoms with E-state index in [9.17, 15) is 0 Å². The lowest BCUT2D eigenvalue weighted by molar-refractivity contribution is 1.07. The summed E-state index contributed by atoms with van der Waals surface area (Å²) in [6, 6.07) is 1.86. The molecule has 4 heteroatoms. The van der Waals surface area contributed by atoms with Crippen LogP contribution in [0, 0.1) is 5.41 Å². The van der Waals surface area contributed by atoms with Crippen molar-refractivity contribution in [1.29, 1.82) is 5.41 Å². The molecular weight excluding hydrogens is 188 g/mol. The maximum Gasteiger partial charge on any atom is 0.0654 e. The van der Waals surface area contributed by atoms with Crippen LogP contribution in [0.3, 0.4) is 0 Å². The van der Waals surface area contributed by atoms with E-state index in [1.165, 1.54) is 0 Å². The van der Waals surface area contributed by atoms with Gasteiger partial charge in [-0.1, -0.05) is 6.08 Å². The fourth-order valence-corrected chi connectivity index (χ4v) is 1.55. The second kappa shape index (κ2) is 4.59. The molecule has 4 N–H and O–H groups in total. The number of allylic oxidation sites excluding steroid dienone is 4. The smallest absolute Gasteiger partial charge is 0.0654 e. The maximum atomic E-state index is 7.71. The van der Waals surface area contributed by atoms with Gasteiger partial charge < -0.3 is 11.1 Å². The zero-order valence-electron chi connectivity index (χ0n) is 9.26. The molecule has 0 atom stereocenters. The van der Waals surface area contributed by atoms with Crippen molar-refractivity contribution in [3.8, 4) is 0 Å². The molecule has 15 heavy (non-hydrogen) atoms. The number of aromatic nitrogens is 2. The SMILES string of the molecule is C/C=C(\C(C(C)=N)=C(C)N)c1ccn[nH]1. The lowest BCUT2D eigenvalue weighted by atomic mass is 9.97. The Balaban J connectivity index is 3.25. The Hall–Kier alpha value is -1.84. The highest BCUT2D eigenvalue weighted by Crippen LogP contribution is 2.23. The van der Waals surface area contributed by atoms with E-state index >= 15 is 0 Å². The summed E-state index contributed by atoms with van der Waals surface area (Å²) in [6.45, 7) is 5.45. The number of hydrogen-bond acceptors (Lipinski definition) is 3. The van der Waals surface area contributed by atoms with E-state index in [4.69, 9.17) is 11.1 Å². The van der Waals surface area contributed by atoms with Crippen LogP contribution in [0.4, 0.5) is 0 Å². The van der Waals surface area contributed by atoms with Crippen LogP contribution >= 0.6 is 0 Å². The highest BCUT2D eigenvalue weighted by molar-refractivity contribution is 6.10. The fraction of sp³-hybridized carbons (Fsp3) is 0.273. The van der Waals surface area contributed by atoms with Crippen LogP contribution in [0.25, 0.3) is 5.57 Å². The molecule has 4 nitrogen and oxygen atoms in total. The molecule has 0 spiro atoms. The molecule has 0 saturated carbocycles. The summed E-state index contributed by atoms with van der Waals surface area (Å²) >= 11 is 0. The van der Waals surface area contributed by atoms with Gasteiger partial charge in [-0.25, -0.2) is 0 Å². The van der Waals surface area contributed by atoms with Crippen molar-refractivity contribution in [2.24, 2.45) is 5.73 Å². The lowest BCUT2D eigenvalue weighted by Gasteiger charge is -2.11. The average Bonchev–Trinajstić information content (AvgIpc) is 2.64. The van der Waals surface area contributed by atoms with Gasteiger partial charge in [-0.15, -0.1) is 0 Å². The van der Waals surface area contributed by atoms with E-state index in [0.29, 0.717) is 11.4 Å². The Kier molecular flexibility index (Phi) is 3.44. The molecule has 1 aromatic heterocycles. The van der Waals surface area contributed by atoms with Crippen LogP contribution in [0.15, 0.2) is 29.6 Å². The van der Waals surface area contributed by atoms with Gasteiger partial charge in [-0.2, -0.15) is 5.10 Å². The summed E-state index contributed by atoms with van der Waals surface area (Å²) in [4.78, 5) is 0. The van der Waals surface area contributed by atoms with Crippen molar-refractivity contribution >= 4 is 11.3 Å². The molecule has 0 radical (unpaired) electrons. The largest absolute Gasteiger partial charge is 0.402 e. The number of nitrogens with two attached hydrogens (primary N) is 1. The molecule has 0 aliphatic rings.